The molecule has 0 aliphatic heterocycles. The van der Waals surface area contributed by atoms with Crippen LogP contribution < -0.4 is 20.2 Å². The standard InChI is InChI=1S/C17H23N3O4S/c1-11(10-22-2)19-17(25)20-18-9-12-4-7-14(15(8-12)23-3)24-16(21)13-5-6-13/h4,7-9,11,13H,5-6,10H2,1-3H3,(H2,19,20,25)/b18-9-/t11-/m0/s1. The summed E-state index contributed by atoms with van der Waals surface area (Å²) in [5.74, 6) is 0.717. The third-order valence-corrected chi connectivity index (χ3v) is 3.69. The Kier molecular flexibility index (Phi) is 7.15. The molecule has 0 heterocycles. The van der Waals surface area contributed by atoms with Crippen LogP contribution in [0.2, 0.25) is 0 Å². The van der Waals surface area contributed by atoms with E-state index in [2.05, 4.69) is 15.8 Å². The van der Waals surface area contributed by atoms with E-state index < -0.39 is 0 Å². The second-order valence-electron chi connectivity index (χ2n) is 5.81. The van der Waals surface area contributed by atoms with Gasteiger partial charge in [0.25, 0.3) is 0 Å². The molecule has 0 amide bonds. The fraction of sp³-hybridized carbons (Fsp3) is 0.471. The number of nitrogens with zero attached hydrogens (tertiary/aromatic N) is 1. The van der Waals surface area contributed by atoms with Crippen molar-refractivity contribution in [2.45, 2.75) is 25.8 Å². The molecule has 0 unspecified atom stereocenters. The maximum absolute atomic E-state index is 11.8. The first kappa shape index (κ1) is 19.1. The van der Waals surface area contributed by atoms with Crippen LogP contribution in [-0.4, -0.2) is 44.2 Å². The maximum atomic E-state index is 11.8. The van der Waals surface area contributed by atoms with Crippen LogP contribution in [0.3, 0.4) is 0 Å². The molecule has 8 heteroatoms. The van der Waals surface area contributed by atoms with Crippen molar-refractivity contribution in [3.63, 3.8) is 0 Å². The van der Waals surface area contributed by atoms with Crippen LogP contribution in [0, 0.1) is 5.92 Å². The minimum absolute atomic E-state index is 0.0316. The molecule has 0 saturated heterocycles. The molecular formula is C17H23N3O4S. The Hall–Kier alpha value is -2.19. The average Bonchev–Trinajstić information content (AvgIpc) is 3.41. The lowest BCUT2D eigenvalue weighted by molar-refractivity contribution is -0.135. The summed E-state index contributed by atoms with van der Waals surface area (Å²) in [4.78, 5) is 11.8. The van der Waals surface area contributed by atoms with Crippen LogP contribution in [-0.2, 0) is 9.53 Å². The first-order valence-corrected chi connectivity index (χ1v) is 8.42. The van der Waals surface area contributed by atoms with E-state index in [1.807, 2.05) is 6.92 Å². The van der Waals surface area contributed by atoms with Gasteiger partial charge in [0, 0.05) is 13.2 Å². The maximum Gasteiger partial charge on any atom is 0.314 e. The van der Waals surface area contributed by atoms with Gasteiger partial charge in [0.2, 0.25) is 0 Å². The third kappa shape index (κ3) is 6.32. The molecule has 0 bridgehead atoms. The lowest BCUT2D eigenvalue weighted by atomic mass is 10.2. The first-order chi connectivity index (χ1) is 12.0. The third-order valence-electron chi connectivity index (χ3n) is 3.48. The number of ether oxygens (including phenoxy) is 3. The number of carbonyl (C=O) groups excluding carboxylic acids is 1. The van der Waals surface area contributed by atoms with Gasteiger partial charge in [0.05, 0.1) is 25.8 Å². The number of nitrogens with one attached hydrogen (secondary N) is 2. The SMILES string of the molecule is COC[C@H](C)NC(=S)N/N=C\c1ccc(OC(=O)C2CC2)c(OC)c1. The van der Waals surface area contributed by atoms with E-state index in [1.54, 1.807) is 31.5 Å². The molecule has 1 fully saturated rings. The van der Waals surface area contributed by atoms with Crippen LogP contribution in [0.1, 0.15) is 25.3 Å². The molecule has 1 aromatic rings. The Labute approximate surface area is 152 Å². The molecule has 2 rings (SSSR count). The quantitative estimate of drug-likeness (QED) is 0.239. The van der Waals surface area contributed by atoms with Crippen molar-refractivity contribution in [2.24, 2.45) is 11.0 Å². The van der Waals surface area contributed by atoms with Crippen molar-refractivity contribution >= 4 is 29.5 Å². The predicted octanol–water partition coefficient (Wildman–Crippen LogP) is 1.84. The van der Waals surface area contributed by atoms with Gasteiger partial charge in [-0.05, 0) is 55.7 Å². The van der Waals surface area contributed by atoms with Crippen LogP contribution in [0.15, 0.2) is 23.3 Å². The fourth-order valence-electron chi connectivity index (χ4n) is 2.07. The number of thiocarbonyl (C=S) groups is 1. The Balaban J connectivity index is 1.90. The molecule has 0 radical (unpaired) electrons. The Morgan fingerprint density at radius 3 is 2.80 bits per heavy atom. The minimum atomic E-state index is -0.206. The number of hydrazone groups is 1. The zero-order valence-corrected chi connectivity index (χ0v) is 15.4. The van der Waals surface area contributed by atoms with Gasteiger partial charge in [0.15, 0.2) is 16.6 Å². The van der Waals surface area contributed by atoms with Gasteiger partial charge in [-0.15, -0.1) is 0 Å². The lowest BCUT2D eigenvalue weighted by Crippen LogP contribution is -2.40. The Bertz CT molecular complexity index is 647. The molecule has 2 N–H and O–H groups in total. The van der Waals surface area contributed by atoms with Crippen LogP contribution >= 0.6 is 12.2 Å². The van der Waals surface area contributed by atoms with E-state index in [4.69, 9.17) is 26.4 Å². The van der Waals surface area contributed by atoms with E-state index in [0.717, 1.165) is 18.4 Å². The summed E-state index contributed by atoms with van der Waals surface area (Å²) >= 11 is 5.13. The van der Waals surface area contributed by atoms with Gasteiger partial charge in [0.1, 0.15) is 0 Å². The zero-order valence-electron chi connectivity index (χ0n) is 14.6. The number of carbonyl (C=O) groups is 1. The topological polar surface area (TPSA) is 81.2 Å². The van der Waals surface area contributed by atoms with Crippen LogP contribution in [0.4, 0.5) is 0 Å². The molecule has 136 valence electrons. The second kappa shape index (κ2) is 9.33. The molecule has 0 aromatic heterocycles. The van der Waals surface area contributed by atoms with Crippen molar-refractivity contribution in [3.8, 4) is 11.5 Å². The van der Waals surface area contributed by atoms with Crippen LogP contribution in [0.5, 0.6) is 11.5 Å². The van der Waals surface area contributed by atoms with Crippen molar-refractivity contribution in [1.82, 2.24) is 10.7 Å². The van der Waals surface area contributed by atoms with Gasteiger partial charge in [-0.3, -0.25) is 10.2 Å². The fourth-order valence-corrected chi connectivity index (χ4v) is 2.33. The van der Waals surface area contributed by atoms with Gasteiger partial charge >= 0.3 is 5.97 Å². The van der Waals surface area contributed by atoms with E-state index >= 15 is 0 Å². The van der Waals surface area contributed by atoms with Gasteiger partial charge in [-0.25, -0.2) is 0 Å². The zero-order chi connectivity index (χ0) is 18.2. The monoisotopic (exact) mass is 365 g/mol. The molecule has 0 spiro atoms. The summed E-state index contributed by atoms with van der Waals surface area (Å²) in [7, 11) is 3.16. The van der Waals surface area contributed by atoms with Gasteiger partial charge in [-0.1, -0.05) is 0 Å². The van der Waals surface area contributed by atoms with Gasteiger partial charge in [-0.2, -0.15) is 5.10 Å². The number of hydrogen-bond acceptors (Lipinski definition) is 6. The number of methoxy groups -OCH3 is 2. The number of rotatable bonds is 8. The molecular weight excluding hydrogens is 342 g/mol. The molecule has 1 atom stereocenters. The van der Waals surface area contributed by atoms with E-state index in [1.165, 1.54) is 7.11 Å². The Morgan fingerprint density at radius 1 is 1.40 bits per heavy atom. The van der Waals surface area contributed by atoms with E-state index in [9.17, 15) is 4.79 Å². The molecule has 7 nitrogen and oxygen atoms in total. The lowest BCUT2D eigenvalue weighted by Gasteiger charge is -2.13. The minimum Gasteiger partial charge on any atom is -0.493 e. The highest BCUT2D eigenvalue weighted by molar-refractivity contribution is 7.80. The molecule has 1 saturated carbocycles. The summed E-state index contributed by atoms with van der Waals surface area (Å²) in [6.45, 7) is 2.50. The summed E-state index contributed by atoms with van der Waals surface area (Å²) in [6, 6.07) is 5.30. The number of hydrogen-bond donors (Lipinski definition) is 2. The summed E-state index contributed by atoms with van der Waals surface area (Å²) in [5, 5.41) is 7.52. The highest BCUT2D eigenvalue weighted by Gasteiger charge is 2.32. The van der Waals surface area contributed by atoms with Crippen molar-refractivity contribution in [3.05, 3.63) is 23.8 Å². The average molecular weight is 365 g/mol. The summed E-state index contributed by atoms with van der Waals surface area (Å²) in [5.41, 5.74) is 3.52. The second-order valence-corrected chi connectivity index (χ2v) is 6.21. The normalized spacial score (nSPS) is 14.8. The molecule has 25 heavy (non-hydrogen) atoms. The first-order valence-electron chi connectivity index (χ1n) is 8.01. The molecule has 1 aliphatic carbocycles. The highest BCUT2D eigenvalue weighted by atomic mass is 32.1. The smallest absolute Gasteiger partial charge is 0.314 e. The van der Waals surface area contributed by atoms with Crippen molar-refractivity contribution < 1.29 is 19.0 Å². The summed E-state index contributed by atoms with van der Waals surface area (Å²) in [6.07, 6.45) is 3.40. The van der Waals surface area contributed by atoms with Crippen molar-refractivity contribution in [1.29, 1.82) is 0 Å². The van der Waals surface area contributed by atoms with E-state index in [-0.39, 0.29) is 17.9 Å². The molecule has 1 aromatic carbocycles. The van der Waals surface area contributed by atoms with E-state index in [0.29, 0.717) is 23.2 Å². The number of esters is 1. The van der Waals surface area contributed by atoms with Gasteiger partial charge < -0.3 is 19.5 Å². The largest absolute Gasteiger partial charge is 0.493 e. The Morgan fingerprint density at radius 2 is 2.16 bits per heavy atom. The number of benzene rings is 1. The predicted molar refractivity (Wildman–Crippen MR) is 99.2 cm³/mol. The highest BCUT2D eigenvalue weighted by Crippen LogP contribution is 2.34. The van der Waals surface area contributed by atoms with Crippen molar-refractivity contribution in [2.75, 3.05) is 20.8 Å². The molecule has 1 aliphatic rings. The summed E-state index contributed by atoms with van der Waals surface area (Å²) < 4.78 is 15.7. The van der Waals surface area contributed by atoms with Crippen LogP contribution in [0.25, 0.3) is 0 Å².